The van der Waals surface area contributed by atoms with E-state index in [2.05, 4.69) is 102 Å². The van der Waals surface area contributed by atoms with Crippen LogP contribution in [0.4, 0.5) is 0 Å². The summed E-state index contributed by atoms with van der Waals surface area (Å²) in [6.07, 6.45) is 0. The van der Waals surface area contributed by atoms with Gasteiger partial charge in [-0.05, 0) is 0 Å². The van der Waals surface area contributed by atoms with Crippen LogP contribution in [-0.4, -0.2) is 84.3 Å². The van der Waals surface area contributed by atoms with Crippen LogP contribution in [0.15, 0.2) is 0 Å². The summed E-state index contributed by atoms with van der Waals surface area (Å²) in [6, 6.07) is 0. The molecule has 24 heavy (non-hydrogen) atoms. The molecule has 0 saturated carbocycles. The fraction of sp³-hybridized carbons (Fsp3) is 1.00. The molecule has 0 aromatic heterocycles. The third kappa shape index (κ3) is 13.9. The molecule has 4 unspecified atom stereocenters. The van der Waals surface area contributed by atoms with Crippen LogP contribution in [0.5, 0.6) is 0 Å². The van der Waals surface area contributed by atoms with Gasteiger partial charge in [0.1, 0.15) is 0 Å². The highest BCUT2D eigenvalue weighted by Gasteiger charge is 2.22. The topological polar surface area (TPSA) is 0 Å². The Morgan fingerprint density at radius 3 is 1.96 bits per heavy atom. The van der Waals surface area contributed by atoms with Crippen LogP contribution < -0.4 is 0 Å². The Morgan fingerprint density at radius 1 is 0.833 bits per heavy atom. The quantitative estimate of drug-likeness (QED) is 0.163. The molecule has 0 aliphatic carbocycles. The lowest BCUT2D eigenvalue weighted by Crippen LogP contribution is -2.13. The Balaban J connectivity index is 1.47. The van der Waals surface area contributed by atoms with Gasteiger partial charge in [-0.1, -0.05) is 6.92 Å². The van der Waals surface area contributed by atoms with Crippen molar-refractivity contribution < 1.29 is 0 Å². The first kappa shape index (κ1) is 23.1. The first-order chi connectivity index (χ1) is 11.7. The first-order valence-electron chi connectivity index (χ1n) is 8.58. The van der Waals surface area contributed by atoms with Crippen LogP contribution in [0.25, 0.3) is 0 Å². The molecule has 0 nitrogen and oxygen atoms in total. The van der Waals surface area contributed by atoms with Crippen LogP contribution in [0.3, 0.4) is 0 Å². The van der Waals surface area contributed by atoms with Gasteiger partial charge in [0.25, 0.3) is 0 Å². The Morgan fingerprint density at radius 2 is 1.38 bits per heavy atom. The third-order valence-corrected chi connectivity index (χ3v) is 13.1. The summed E-state index contributed by atoms with van der Waals surface area (Å²) < 4.78 is 0. The number of thioether (sulfide) groups is 7. The minimum atomic E-state index is 0.525. The van der Waals surface area contributed by atoms with E-state index < -0.39 is 0 Å². The Kier molecular flexibility index (Phi) is 14.2. The van der Waals surface area contributed by atoms with E-state index in [1.165, 1.54) is 63.3 Å². The summed E-state index contributed by atoms with van der Waals surface area (Å²) in [5, 5.41) is 3.34. The number of thiol groups is 1. The van der Waals surface area contributed by atoms with E-state index in [1.54, 1.807) is 0 Å². The lowest BCUT2D eigenvalue weighted by molar-refractivity contribution is 1.11. The van der Waals surface area contributed by atoms with Crippen LogP contribution in [-0.2, 0) is 0 Å². The normalized spacial score (nSPS) is 24.8. The van der Waals surface area contributed by atoms with Gasteiger partial charge in [-0.2, -0.15) is 95.0 Å². The first-order valence-corrected chi connectivity index (χ1v) is 16.9. The Bertz CT molecular complexity index is 306. The van der Waals surface area contributed by atoms with E-state index in [-0.39, 0.29) is 0 Å². The summed E-state index contributed by atoms with van der Waals surface area (Å²) in [7, 11) is 0. The van der Waals surface area contributed by atoms with Gasteiger partial charge >= 0.3 is 0 Å². The van der Waals surface area contributed by atoms with Gasteiger partial charge in [-0.25, -0.2) is 0 Å². The maximum atomic E-state index is 4.51. The number of hydrogen-bond acceptors (Lipinski definition) is 8. The molecular weight excluding hydrogens is 449 g/mol. The molecule has 0 N–H and O–H groups in total. The molecule has 0 radical (unpaired) electrons. The molecule has 2 heterocycles. The molecule has 2 aliphatic rings. The van der Waals surface area contributed by atoms with E-state index in [4.69, 9.17) is 0 Å². The predicted molar refractivity (Wildman–Crippen MR) is 136 cm³/mol. The van der Waals surface area contributed by atoms with Gasteiger partial charge in [0.2, 0.25) is 0 Å². The van der Waals surface area contributed by atoms with Crippen molar-refractivity contribution in [1.82, 2.24) is 0 Å². The van der Waals surface area contributed by atoms with Crippen molar-refractivity contribution in [3.05, 3.63) is 0 Å². The van der Waals surface area contributed by atoms with Gasteiger partial charge in [0, 0.05) is 84.3 Å². The van der Waals surface area contributed by atoms with E-state index in [9.17, 15) is 0 Å². The molecular formula is C16H30S8. The lowest BCUT2D eigenvalue weighted by atomic mass is 10.5. The van der Waals surface area contributed by atoms with Crippen molar-refractivity contribution >= 4 is 95.0 Å². The summed E-state index contributed by atoms with van der Waals surface area (Å²) in [5.74, 6) is 14.8. The van der Waals surface area contributed by atoms with Gasteiger partial charge < -0.3 is 0 Å². The SMILES string of the molecule is CC(S)CSCC(CSCCSCC1CS1)SCCSCC1CS1. The highest BCUT2D eigenvalue weighted by atomic mass is 32.2. The largest absolute Gasteiger partial charge is 0.175 e. The monoisotopic (exact) mass is 478 g/mol. The van der Waals surface area contributed by atoms with Crippen LogP contribution in [0.2, 0.25) is 0 Å². The van der Waals surface area contributed by atoms with Gasteiger partial charge in [-0.15, -0.1) is 0 Å². The molecule has 142 valence electrons. The van der Waals surface area contributed by atoms with Gasteiger partial charge in [-0.3, -0.25) is 0 Å². The molecule has 2 aliphatic heterocycles. The maximum absolute atomic E-state index is 4.51. The second-order valence-corrected chi connectivity index (χ2v) is 15.5. The second kappa shape index (κ2) is 14.7. The number of hydrogen-bond donors (Lipinski definition) is 1. The summed E-state index contributed by atoms with van der Waals surface area (Å²) in [6.45, 7) is 2.20. The molecule has 2 fully saturated rings. The fourth-order valence-electron chi connectivity index (χ4n) is 1.88. The number of rotatable bonds is 17. The summed E-state index contributed by atoms with van der Waals surface area (Å²) in [5.41, 5.74) is 0. The zero-order valence-corrected chi connectivity index (χ0v) is 21.0. The minimum Gasteiger partial charge on any atom is -0.175 e. The molecule has 0 aromatic carbocycles. The molecule has 0 amide bonds. The van der Waals surface area contributed by atoms with Crippen LogP contribution >= 0.6 is 95.0 Å². The second-order valence-electron chi connectivity index (χ2n) is 6.01. The molecule has 0 aromatic rings. The molecule has 4 atom stereocenters. The highest BCUT2D eigenvalue weighted by Crippen LogP contribution is 2.34. The third-order valence-electron chi connectivity index (χ3n) is 3.33. The van der Waals surface area contributed by atoms with E-state index in [1.807, 2.05) is 0 Å². The molecule has 0 bridgehead atoms. The maximum Gasteiger partial charge on any atom is 0.0229 e. The van der Waals surface area contributed by atoms with Crippen molar-refractivity contribution in [2.45, 2.75) is 27.9 Å². The molecule has 2 saturated heterocycles. The van der Waals surface area contributed by atoms with E-state index in [0.29, 0.717) is 5.25 Å². The van der Waals surface area contributed by atoms with Crippen molar-refractivity contribution in [2.75, 3.05) is 63.3 Å². The minimum absolute atomic E-state index is 0.525. The summed E-state index contributed by atoms with van der Waals surface area (Å²) in [4.78, 5) is 0. The predicted octanol–water partition coefficient (Wildman–Crippen LogP) is 5.57. The fourth-order valence-corrected chi connectivity index (χ4v) is 10.5. The average molecular weight is 479 g/mol. The molecule has 0 spiro atoms. The van der Waals surface area contributed by atoms with Gasteiger partial charge in [0.05, 0.1) is 0 Å². The Labute approximate surface area is 184 Å². The zero-order valence-electron chi connectivity index (χ0n) is 14.4. The van der Waals surface area contributed by atoms with Crippen molar-refractivity contribution in [3.63, 3.8) is 0 Å². The summed E-state index contributed by atoms with van der Waals surface area (Å²) >= 11 is 19.6. The van der Waals surface area contributed by atoms with Crippen LogP contribution in [0.1, 0.15) is 6.92 Å². The smallest absolute Gasteiger partial charge is 0.0229 e. The van der Waals surface area contributed by atoms with E-state index in [0.717, 1.165) is 15.7 Å². The zero-order chi connectivity index (χ0) is 17.0. The van der Waals surface area contributed by atoms with E-state index >= 15 is 0 Å². The van der Waals surface area contributed by atoms with Crippen molar-refractivity contribution in [2.24, 2.45) is 0 Å². The average Bonchev–Trinajstić information content (AvgIpc) is 3.44. The van der Waals surface area contributed by atoms with Crippen LogP contribution in [0, 0.1) is 0 Å². The van der Waals surface area contributed by atoms with Gasteiger partial charge in [0.15, 0.2) is 0 Å². The Hall–Kier alpha value is 2.80. The lowest BCUT2D eigenvalue weighted by Gasteiger charge is -2.16. The van der Waals surface area contributed by atoms with Crippen molar-refractivity contribution in [3.8, 4) is 0 Å². The molecule has 2 rings (SSSR count). The standard InChI is InChI=1S/C16H30S8/c1-13(17)6-21-10-14(22-5-4-20-9-16-12-24-16)7-18-2-3-19-8-15-11-23-15/h13-17H,2-12H2,1H3. The van der Waals surface area contributed by atoms with Crippen molar-refractivity contribution in [1.29, 1.82) is 0 Å². The highest BCUT2D eigenvalue weighted by molar-refractivity contribution is 8.10. The molecule has 8 heteroatoms.